The van der Waals surface area contributed by atoms with Gasteiger partial charge in [-0.1, -0.05) is 6.07 Å². The lowest BCUT2D eigenvalue weighted by molar-refractivity contribution is -0.383. The lowest BCUT2D eigenvalue weighted by Gasteiger charge is -2.33. The molecule has 0 unspecified atom stereocenters. The first kappa shape index (κ1) is 16.7. The highest BCUT2D eigenvalue weighted by Crippen LogP contribution is 2.30. The van der Waals surface area contributed by atoms with Crippen LogP contribution in [0.3, 0.4) is 0 Å². The third-order valence-corrected chi connectivity index (χ3v) is 4.02. The van der Waals surface area contributed by atoms with Crippen molar-refractivity contribution >= 4 is 23.3 Å². The van der Waals surface area contributed by atoms with E-state index in [2.05, 4.69) is 5.32 Å². The van der Waals surface area contributed by atoms with Gasteiger partial charge in [-0.15, -0.1) is 0 Å². The quantitative estimate of drug-likeness (QED) is 0.412. The van der Waals surface area contributed by atoms with Crippen molar-refractivity contribution < 1.29 is 24.4 Å². The average molecular weight is 323 g/mol. The molecule has 1 heterocycles. The molecule has 0 radical (unpaired) electrons. The van der Waals surface area contributed by atoms with Crippen LogP contribution in [0.2, 0.25) is 0 Å². The Labute approximate surface area is 131 Å². The number of carboxylic acid groups (broad SMARTS) is 1. The summed E-state index contributed by atoms with van der Waals surface area (Å²) in [6.45, 7) is 0.523. The molecule has 1 amide bonds. The normalized spacial score (nSPS) is 16.5. The van der Waals surface area contributed by atoms with Crippen LogP contribution in [0.5, 0.6) is 0 Å². The van der Waals surface area contributed by atoms with Crippen molar-refractivity contribution in [2.75, 3.05) is 25.5 Å². The van der Waals surface area contributed by atoms with Gasteiger partial charge in [0.05, 0.1) is 15.9 Å². The zero-order valence-electron chi connectivity index (χ0n) is 12.3. The minimum absolute atomic E-state index is 0.0493. The summed E-state index contributed by atoms with van der Waals surface area (Å²) in [5.41, 5.74) is 3.90. The molecule has 1 saturated heterocycles. The number of anilines is 1. The maximum Gasteiger partial charge on any atom is 0.311 e. The molecule has 1 aliphatic heterocycles. The number of nitrogens with two attached hydrogens (primary N) is 1. The van der Waals surface area contributed by atoms with E-state index < -0.39 is 22.2 Å². The molecule has 124 valence electrons. The number of nitrogens with one attached hydrogen (secondary N) is 1. The highest BCUT2D eigenvalue weighted by Gasteiger charge is 2.40. The summed E-state index contributed by atoms with van der Waals surface area (Å²) in [5.74, 6) is -1.65. The number of amides is 1. The van der Waals surface area contributed by atoms with Crippen LogP contribution in [-0.2, 0) is 9.53 Å². The van der Waals surface area contributed by atoms with Gasteiger partial charge in [-0.25, -0.2) is 0 Å². The molecule has 1 fully saturated rings. The number of ether oxygens (including phenoxy) is 1. The molecular weight excluding hydrogens is 306 g/mol. The fraction of sp³-hybridized carbons (Fsp3) is 0.429. The van der Waals surface area contributed by atoms with Crippen molar-refractivity contribution in [3.63, 3.8) is 0 Å². The second-order valence-corrected chi connectivity index (χ2v) is 5.38. The number of carbonyl (C=O) groups excluding carboxylic acids is 1. The summed E-state index contributed by atoms with van der Waals surface area (Å²) in [4.78, 5) is 33.9. The molecule has 0 aliphatic carbocycles. The topological polar surface area (TPSA) is 145 Å². The molecule has 2 rings (SSSR count). The number of nitro groups is 1. The number of nitrogen functional groups attached to an aromatic ring is 1. The maximum atomic E-state index is 12.2. The van der Waals surface area contributed by atoms with E-state index in [4.69, 9.17) is 10.5 Å². The van der Waals surface area contributed by atoms with E-state index in [1.807, 2.05) is 0 Å². The number of hydrogen-bond donors (Lipinski definition) is 3. The smallest absolute Gasteiger partial charge is 0.311 e. The highest BCUT2D eigenvalue weighted by molar-refractivity contribution is 6.01. The van der Waals surface area contributed by atoms with E-state index in [9.17, 15) is 24.8 Å². The Morgan fingerprint density at radius 1 is 1.39 bits per heavy atom. The second kappa shape index (κ2) is 6.61. The van der Waals surface area contributed by atoms with Crippen LogP contribution in [0.25, 0.3) is 0 Å². The van der Waals surface area contributed by atoms with Gasteiger partial charge in [0, 0.05) is 25.8 Å². The molecule has 0 atom stereocenters. The first-order valence-corrected chi connectivity index (χ1v) is 6.99. The zero-order chi connectivity index (χ0) is 17.0. The SMILES string of the molecule is Nc1c(C(=O)NCC2(C(=O)O)CCOCC2)cccc1[N+](=O)[O-]. The van der Waals surface area contributed by atoms with Crippen molar-refractivity contribution in [1.82, 2.24) is 5.32 Å². The van der Waals surface area contributed by atoms with Crippen LogP contribution in [0.1, 0.15) is 23.2 Å². The molecule has 9 heteroatoms. The highest BCUT2D eigenvalue weighted by atomic mass is 16.6. The molecule has 0 saturated carbocycles. The number of aliphatic carboxylic acids is 1. The number of hydrogen-bond acceptors (Lipinski definition) is 6. The lowest BCUT2D eigenvalue weighted by atomic mass is 9.80. The van der Waals surface area contributed by atoms with Crippen molar-refractivity contribution in [2.45, 2.75) is 12.8 Å². The predicted octanol–water partition coefficient (Wildman–Crippen LogP) is 0.788. The Bertz CT molecular complexity index is 639. The van der Waals surface area contributed by atoms with Crippen LogP contribution in [0.4, 0.5) is 11.4 Å². The van der Waals surface area contributed by atoms with Crippen molar-refractivity contribution in [3.8, 4) is 0 Å². The van der Waals surface area contributed by atoms with Crippen LogP contribution in [-0.4, -0.2) is 41.7 Å². The van der Waals surface area contributed by atoms with Gasteiger partial charge in [-0.05, 0) is 18.9 Å². The zero-order valence-corrected chi connectivity index (χ0v) is 12.3. The summed E-state index contributed by atoms with van der Waals surface area (Å²) in [6, 6.07) is 3.91. The molecule has 1 aliphatic rings. The Morgan fingerprint density at radius 2 is 2.04 bits per heavy atom. The molecule has 4 N–H and O–H groups in total. The first-order valence-electron chi connectivity index (χ1n) is 6.99. The van der Waals surface area contributed by atoms with E-state index >= 15 is 0 Å². The molecule has 9 nitrogen and oxygen atoms in total. The number of benzene rings is 1. The third-order valence-electron chi connectivity index (χ3n) is 4.02. The second-order valence-electron chi connectivity index (χ2n) is 5.38. The van der Waals surface area contributed by atoms with E-state index in [-0.39, 0.29) is 36.3 Å². The first-order chi connectivity index (χ1) is 10.9. The minimum Gasteiger partial charge on any atom is -0.481 e. The lowest BCUT2D eigenvalue weighted by Crippen LogP contribution is -2.46. The van der Waals surface area contributed by atoms with E-state index in [1.54, 1.807) is 0 Å². The van der Waals surface area contributed by atoms with Crippen LogP contribution >= 0.6 is 0 Å². The largest absolute Gasteiger partial charge is 0.481 e. The Balaban J connectivity index is 2.14. The summed E-state index contributed by atoms with van der Waals surface area (Å²) in [6.07, 6.45) is 0.570. The van der Waals surface area contributed by atoms with Gasteiger partial charge in [-0.2, -0.15) is 0 Å². The molecule has 23 heavy (non-hydrogen) atoms. The molecule has 1 aromatic carbocycles. The molecule has 0 bridgehead atoms. The average Bonchev–Trinajstić information content (AvgIpc) is 2.53. The minimum atomic E-state index is -1.09. The predicted molar refractivity (Wildman–Crippen MR) is 80.0 cm³/mol. The van der Waals surface area contributed by atoms with E-state index in [0.29, 0.717) is 13.2 Å². The number of rotatable bonds is 5. The van der Waals surface area contributed by atoms with E-state index in [1.165, 1.54) is 18.2 Å². The fourth-order valence-electron chi connectivity index (χ4n) is 2.48. The molecule has 0 aromatic heterocycles. The molecule has 0 spiro atoms. The summed E-state index contributed by atoms with van der Waals surface area (Å²) < 4.78 is 5.16. The number of carboxylic acids is 1. The van der Waals surface area contributed by atoms with Crippen LogP contribution in [0, 0.1) is 15.5 Å². The third kappa shape index (κ3) is 3.39. The summed E-state index contributed by atoms with van der Waals surface area (Å²) >= 11 is 0. The van der Waals surface area contributed by atoms with Crippen molar-refractivity contribution in [1.29, 1.82) is 0 Å². The number of nitrogens with zero attached hydrogens (tertiary/aromatic N) is 1. The number of carbonyl (C=O) groups is 2. The molecule has 1 aromatic rings. The van der Waals surface area contributed by atoms with E-state index in [0.717, 1.165) is 0 Å². The number of para-hydroxylation sites is 1. The van der Waals surface area contributed by atoms with Crippen LogP contribution < -0.4 is 11.1 Å². The Kier molecular flexibility index (Phi) is 4.80. The van der Waals surface area contributed by atoms with Gasteiger partial charge in [-0.3, -0.25) is 19.7 Å². The standard InChI is InChI=1S/C14H17N3O6/c15-11-9(2-1-3-10(11)17(21)22)12(18)16-8-14(13(19)20)4-6-23-7-5-14/h1-3H,4-8,15H2,(H,16,18)(H,19,20). The van der Waals surface area contributed by atoms with Crippen LogP contribution in [0.15, 0.2) is 18.2 Å². The monoisotopic (exact) mass is 323 g/mol. The van der Waals surface area contributed by atoms with Gasteiger partial charge in [0.1, 0.15) is 5.69 Å². The van der Waals surface area contributed by atoms with Crippen molar-refractivity contribution in [2.24, 2.45) is 5.41 Å². The van der Waals surface area contributed by atoms with Gasteiger partial charge in [0.2, 0.25) is 0 Å². The Hall–Kier alpha value is -2.68. The number of nitro benzene ring substituents is 1. The van der Waals surface area contributed by atoms with Gasteiger partial charge < -0.3 is 20.9 Å². The summed E-state index contributed by atoms with van der Waals surface area (Å²) in [5, 5.41) is 22.8. The van der Waals surface area contributed by atoms with Gasteiger partial charge in [0.15, 0.2) is 0 Å². The van der Waals surface area contributed by atoms with Gasteiger partial charge >= 0.3 is 5.97 Å². The van der Waals surface area contributed by atoms with Crippen molar-refractivity contribution in [3.05, 3.63) is 33.9 Å². The van der Waals surface area contributed by atoms with Gasteiger partial charge in [0.25, 0.3) is 11.6 Å². The fourth-order valence-corrected chi connectivity index (χ4v) is 2.48. The Morgan fingerprint density at radius 3 is 2.61 bits per heavy atom. The molecular formula is C14H17N3O6. The maximum absolute atomic E-state index is 12.2. The summed E-state index contributed by atoms with van der Waals surface area (Å²) in [7, 11) is 0.